The Balaban J connectivity index is 1.60. The summed E-state index contributed by atoms with van der Waals surface area (Å²) >= 11 is 12.3. The van der Waals surface area contributed by atoms with Crippen molar-refractivity contribution in [2.24, 2.45) is 0 Å². The molecule has 0 atom stereocenters. The van der Waals surface area contributed by atoms with Crippen molar-refractivity contribution in [2.45, 2.75) is 6.42 Å². The van der Waals surface area contributed by atoms with E-state index < -0.39 is 0 Å². The van der Waals surface area contributed by atoms with E-state index in [9.17, 15) is 9.18 Å². The topological polar surface area (TPSA) is 23.6 Å². The molecule has 0 spiro atoms. The molecular formula is C18H17Cl2FN2O. The van der Waals surface area contributed by atoms with E-state index in [-0.39, 0.29) is 18.1 Å². The Bertz CT molecular complexity index is 746. The van der Waals surface area contributed by atoms with E-state index in [0.29, 0.717) is 41.8 Å². The van der Waals surface area contributed by atoms with Crippen molar-refractivity contribution in [3.63, 3.8) is 0 Å². The average molecular weight is 367 g/mol. The van der Waals surface area contributed by atoms with Gasteiger partial charge in [0.15, 0.2) is 0 Å². The van der Waals surface area contributed by atoms with Crippen LogP contribution in [-0.2, 0) is 11.2 Å². The first-order valence-electron chi connectivity index (χ1n) is 7.76. The highest BCUT2D eigenvalue weighted by Crippen LogP contribution is 2.32. The van der Waals surface area contributed by atoms with Crippen molar-refractivity contribution in [3.8, 4) is 0 Å². The number of rotatable bonds is 3. The SMILES string of the molecule is O=C(Cc1cccc(F)c1)N1CCN(c2cccc(Cl)c2Cl)CC1. The number of amides is 1. The lowest BCUT2D eigenvalue weighted by atomic mass is 10.1. The van der Waals surface area contributed by atoms with Gasteiger partial charge in [-0.25, -0.2) is 4.39 Å². The number of anilines is 1. The second kappa shape index (κ2) is 7.41. The molecule has 2 aromatic rings. The van der Waals surface area contributed by atoms with E-state index in [1.165, 1.54) is 12.1 Å². The maximum absolute atomic E-state index is 13.2. The summed E-state index contributed by atoms with van der Waals surface area (Å²) in [5.74, 6) is -0.307. The van der Waals surface area contributed by atoms with Gasteiger partial charge in [-0.1, -0.05) is 41.4 Å². The molecule has 1 fully saturated rings. The van der Waals surface area contributed by atoms with Gasteiger partial charge in [0, 0.05) is 26.2 Å². The molecule has 1 amide bonds. The summed E-state index contributed by atoms with van der Waals surface area (Å²) in [5.41, 5.74) is 1.58. The van der Waals surface area contributed by atoms with Gasteiger partial charge in [-0.3, -0.25) is 4.79 Å². The fraction of sp³-hybridized carbons (Fsp3) is 0.278. The van der Waals surface area contributed by atoms with Gasteiger partial charge in [0.25, 0.3) is 0 Å². The van der Waals surface area contributed by atoms with Crippen LogP contribution in [0.15, 0.2) is 42.5 Å². The largest absolute Gasteiger partial charge is 0.367 e. The maximum atomic E-state index is 13.2. The molecule has 1 aliphatic rings. The smallest absolute Gasteiger partial charge is 0.227 e. The molecule has 126 valence electrons. The van der Waals surface area contributed by atoms with Crippen LogP contribution in [0.5, 0.6) is 0 Å². The Morgan fingerprint density at radius 3 is 2.46 bits per heavy atom. The summed E-state index contributed by atoms with van der Waals surface area (Å²) < 4.78 is 13.2. The Hall–Kier alpha value is -1.78. The van der Waals surface area contributed by atoms with Crippen molar-refractivity contribution >= 4 is 34.8 Å². The molecular weight excluding hydrogens is 350 g/mol. The molecule has 3 nitrogen and oxygen atoms in total. The van der Waals surface area contributed by atoms with Gasteiger partial charge in [0.2, 0.25) is 5.91 Å². The van der Waals surface area contributed by atoms with Gasteiger partial charge >= 0.3 is 0 Å². The Labute approximate surface area is 150 Å². The molecule has 1 heterocycles. The first-order valence-corrected chi connectivity index (χ1v) is 8.51. The Morgan fingerprint density at radius 1 is 1.04 bits per heavy atom. The molecule has 6 heteroatoms. The van der Waals surface area contributed by atoms with Crippen molar-refractivity contribution in [1.82, 2.24) is 4.90 Å². The van der Waals surface area contributed by atoms with Gasteiger partial charge in [-0.05, 0) is 29.8 Å². The Morgan fingerprint density at radius 2 is 1.75 bits per heavy atom. The van der Waals surface area contributed by atoms with Gasteiger partial charge < -0.3 is 9.80 Å². The zero-order chi connectivity index (χ0) is 17.1. The molecule has 2 aromatic carbocycles. The van der Waals surface area contributed by atoms with Crippen LogP contribution in [0.2, 0.25) is 10.0 Å². The van der Waals surface area contributed by atoms with E-state index >= 15 is 0 Å². The van der Waals surface area contributed by atoms with Crippen LogP contribution in [0.3, 0.4) is 0 Å². The molecule has 0 bridgehead atoms. The maximum Gasteiger partial charge on any atom is 0.227 e. The summed E-state index contributed by atoms with van der Waals surface area (Å²) in [6.07, 6.45) is 0.218. The fourth-order valence-electron chi connectivity index (χ4n) is 2.87. The summed E-state index contributed by atoms with van der Waals surface area (Å²) in [6.45, 7) is 2.60. The number of carbonyl (C=O) groups is 1. The molecule has 0 N–H and O–H groups in total. The first kappa shape index (κ1) is 17.1. The van der Waals surface area contributed by atoms with Crippen molar-refractivity contribution in [2.75, 3.05) is 31.1 Å². The minimum absolute atomic E-state index is 0.0115. The molecule has 0 radical (unpaired) electrons. The fourth-order valence-corrected chi connectivity index (χ4v) is 3.28. The highest BCUT2D eigenvalue weighted by molar-refractivity contribution is 6.43. The first-order chi connectivity index (χ1) is 11.5. The summed E-state index contributed by atoms with van der Waals surface area (Å²) in [7, 11) is 0. The van der Waals surface area contributed by atoms with Gasteiger partial charge in [0.1, 0.15) is 5.82 Å². The summed E-state index contributed by atoms with van der Waals surface area (Å²) in [5, 5.41) is 1.07. The zero-order valence-electron chi connectivity index (χ0n) is 13.0. The molecule has 0 aliphatic carbocycles. The number of benzene rings is 2. The second-order valence-electron chi connectivity index (χ2n) is 5.75. The molecule has 1 saturated heterocycles. The van der Waals surface area contributed by atoms with Crippen LogP contribution in [-0.4, -0.2) is 37.0 Å². The highest BCUT2D eigenvalue weighted by Gasteiger charge is 2.23. The standard InChI is InChI=1S/C18H17Cl2FN2O/c19-15-5-2-6-16(18(15)20)22-7-9-23(10-8-22)17(24)12-13-3-1-4-14(21)11-13/h1-6,11H,7-10,12H2. The minimum Gasteiger partial charge on any atom is -0.367 e. The second-order valence-corrected chi connectivity index (χ2v) is 6.53. The van der Waals surface area contributed by atoms with E-state index in [1.54, 1.807) is 23.1 Å². The van der Waals surface area contributed by atoms with Crippen LogP contribution in [0.4, 0.5) is 10.1 Å². The normalized spacial score (nSPS) is 14.8. The number of hydrogen-bond donors (Lipinski definition) is 0. The molecule has 3 rings (SSSR count). The summed E-state index contributed by atoms with van der Waals surface area (Å²) in [6, 6.07) is 11.7. The van der Waals surface area contributed by atoms with E-state index in [2.05, 4.69) is 4.90 Å². The van der Waals surface area contributed by atoms with E-state index in [4.69, 9.17) is 23.2 Å². The molecule has 0 saturated carbocycles. The molecule has 1 aliphatic heterocycles. The lowest BCUT2D eigenvalue weighted by Gasteiger charge is -2.36. The van der Waals surface area contributed by atoms with Crippen molar-refractivity contribution in [3.05, 3.63) is 63.9 Å². The minimum atomic E-state index is -0.319. The number of halogens is 3. The number of piperazine rings is 1. The number of nitrogens with zero attached hydrogens (tertiary/aromatic N) is 2. The Kier molecular flexibility index (Phi) is 5.27. The monoisotopic (exact) mass is 366 g/mol. The van der Waals surface area contributed by atoms with Crippen molar-refractivity contribution in [1.29, 1.82) is 0 Å². The molecule has 0 unspecified atom stereocenters. The quantitative estimate of drug-likeness (QED) is 0.818. The zero-order valence-corrected chi connectivity index (χ0v) is 14.5. The van der Waals surface area contributed by atoms with Crippen LogP contribution in [0.25, 0.3) is 0 Å². The van der Waals surface area contributed by atoms with E-state index in [1.807, 2.05) is 12.1 Å². The predicted molar refractivity (Wildman–Crippen MR) is 95.4 cm³/mol. The number of hydrogen-bond acceptors (Lipinski definition) is 2. The van der Waals surface area contributed by atoms with Crippen LogP contribution in [0.1, 0.15) is 5.56 Å². The molecule has 24 heavy (non-hydrogen) atoms. The number of carbonyl (C=O) groups excluding carboxylic acids is 1. The lowest BCUT2D eigenvalue weighted by Crippen LogP contribution is -2.49. The third-order valence-corrected chi connectivity index (χ3v) is 4.96. The van der Waals surface area contributed by atoms with E-state index in [0.717, 1.165) is 5.69 Å². The van der Waals surface area contributed by atoms with Crippen LogP contribution < -0.4 is 4.90 Å². The third-order valence-electron chi connectivity index (χ3n) is 4.15. The van der Waals surface area contributed by atoms with Gasteiger partial charge in [-0.2, -0.15) is 0 Å². The molecule has 0 aromatic heterocycles. The highest BCUT2D eigenvalue weighted by atomic mass is 35.5. The van der Waals surface area contributed by atoms with Gasteiger partial charge in [0.05, 0.1) is 22.2 Å². The van der Waals surface area contributed by atoms with Crippen LogP contribution >= 0.6 is 23.2 Å². The van der Waals surface area contributed by atoms with Crippen LogP contribution in [0, 0.1) is 5.82 Å². The summed E-state index contributed by atoms with van der Waals surface area (Å²) in [4.78, 5) is 16.3. The van der Waals surface area contributed by atoms with Gasteiger partial charge in [-0.15, -0.1) is 0 Å². The average Bonchev–Trinajstić information content (AvgIpc) is 2.57. The third kappa shape index (κ3) is 3.82. The van der Waals surface area contributed by atoms with Crippen molar-refractivity contribution < 1.29 is 9.18 Å². The lowest BCUT2D eigenvalue weighted by molar-refractivity contribution is -0.130. The predicted octanol–water partition coefficient (Wildman–Crippen LogP) is 4.02.